The predicted octanol–water partition coefficient (Wildman–Crippen LogP) is 7.22. The van der Waals surface area contributed by atoms with E-state index in [1.54, 1.807) is 12.1 Å². The third-order valence-electron chi connectivity index (χ3n) is 7.07. The SMILES string of the molecule is O=C(NC(Cc1ccc(-c2ccccc2Oc2ccccc2)cc1)C(=O)O)c1cc(Cl)ccc1N1CCCCC1. The topological polar surface area (TPSA) is 78.9 Å². The van der Waals surface area contributed by atoms with Crippen LogP contribution in [-0.4, -0.2) is 36.1 Å². The molecule has 1 unspecified atom stereocenters. The van der Waals surface area contributed by atoms with Crippen LogP contribution in [0.15, 0.2) is 97.1 Å². The van der Waals surface area contributed by atoms with E-state index in [2.05, 4.69) is 10.2 Å². The summed E-state index contributed by atoms with van der Waals surface area (Å²) >= 11 is 6.23. The molecule has 2 N–H and O–H groups in total. The maximum absolute atomic E-state index is 13.3. The van der Waals surface area contributed by atoms with Gasteiger partial charge in [-0.05, 0) is 66.8 Å². The molecule has 1 aliphatic rings. The molecule has 6 nitrogen and oxygen atoms in total. The van der Waals surface area contributed by atoms with Crippen molar-refractivity contribution >= 4 is 29.2 Å². The van der Waals surface area contributed by atoms with E-state index in [-0.39, 0.29) is 6.42 Å². The van der Waals surface area contributed by atoms with Crippen molar-refractivity contribution in [3.05, 3.63) is 113 Å². The molecule has 0 aliphatic carbocycles. The summed E-state index contributed by atoms with van der Waals surface area (Å²) in [6, 6.07) is 29.1. The highest BCUT2D eigenvalue weighted by atomic mass is 35.5. The molecule has 7 heteroatoms. The number of hydrogen-bond donors (Lipinski definition) is 2. The van der Waals surface area contributed by atoms with Crippen molar-refractivity contribution in [2.24, 2.45) is 0 Å². The number of carboxylic acid groups (broad SMARTS) is 1. The van der Waals surface area contributed by atoms with E-state index < -0.39 is 17.9 Å². The van der Waals surface area contributed by atoms with Gasteiger partial charge in [0.05, 0.1) is 5.56 Å². The maximum atomic E-state index is 13.3. The average Bonchev–Trinajstić information content (AvgIpc) is 2.98. The Kier molecular flexibility index (Phi) is 8.67. The van der Waals surface area contributed by atoms with Gasteiger partial charge in [-0.25, -0.2) is 4.79 Å². The lowest BCUT2D eigenvalue weighted by Gasteiger charge is -2.30. The Morgan fingerprint density at radius 2 is 1.57 bits per heavy atom. The Labute approximate surface area is 239 Å². The monoisotopic (exact) mass is 554 g/mol. The van der Waals surface area contributed by atoms with E-state index in [4.69, 9.17) is 16.3 Å². The molecule has 0 radical (unpaired) electrons. The number of aliphatic carboxylic acids is 1. The molecule has 1 heterocycles. The normalized spacial score (nSPS) is 13.9. The van der Waals surface area contributed by atoms with Crippen LogP contribution in [0.5, 0.6) is 11.5 Å². The fraction of sp³-hybridized carbons (Fsp3) is 0.212. The second kappa shape index (κ2) is 12.7. The Morgan fingerprint density at radius 3 is 2.30 bits per heavy atom. The molecule has 4 aromatic carbocycles. The van der Waals surface area contributed by atoms with Crippen LogP contribution in [0.25, 0.3) is 11.1 Å². The van der Waals surface area contributed by atoms with Crippen molar-refractivity contribution < 1.29 is 19.4 Å². The molecule has 1 saturated heterocycles. The molecular weight excluding hydrogens is 524 g/mol. The largest absolute Gasteiger partial charge is 0.480 e. The second-order valence-electron chi connectivity index (χ2n) is 9.89. The van der Waals surface area contributed by atoms with Gasteiger partial charge >= 0.3 is 5.97 Å². The number of carboxylic acids is 1. The van der Waals surface area contributed by atoms with Crippen LogP contribution in [-0.2, 0) is 11.2 Å². The summed E-state index contributed by atoms with van der Waals surface area (Å²) in [6.45, 7) is 1.71. The van der Waals surface area contributed by atoms with E-state index in [1.165, 1.54) is 0 Å². The van der Waals surface area contributed by atoms with Gasteiger partial charge in [-0.15, -0.1) is 0 Å². The van der Waals surface area contributed by atoms with Crippen LogP contribution in [0.2, 0.25) is 5.02 Å². The number of piperidine rings is 1. The molecule has 1 amide bonds. The minimum Gasteiger partial charge on any atom is -0.480 e. The number of carbonyl (C=O) groups is 2. The third kappa shape index (κ3) is 6.64. The summed E-state index contributed by atoms with van der Waals surface area (Å²) in [4.78, 5) is 27.7. The van der Waals surface area contributed by atoms with Crippen LogP contribution >= 0.6 is 11.6 Å². The summed E-state index contributed by atoms with van der Waals surface area (Å²) in [5.74, 6) is -0.0717. The standard InChI is InChI=1S/C33H31ClN2O4/c34-25-17-18-30(36-19-7-2-8-20-36)28(22-25)32(37)35-29(33(38)39)21-23-13-15-24(16-14-23)27-11-5-6-12-31(27)40-26-9-3-1-4-10-26/h1,3-6,9-18,22,29H,2,7-8,19-21H2,(H,35,37)(H,38,39). The van der Waals surface area contributed by atoms with E-state index >= 15 is 0 Å². The quantitative estimate of drug-likeness (QED) is 0.228. The van der Waals surface area contributed by atoms with Crippen molar-refractivity contribution in [3.63, 3.8) is 0 Å². The smallest absolute Gasteiger partial charge is 0.326 e. The lowest BCUT2D eigenvalue weighted by Crippen LogP contribution is -2.43. The van der Waals surface area contributed by atoms with Crippen LogP contribution in [0.1, 0.15) is 35.2 Å². The van der Waals surface area contributed by atoms with Crippen molar-refractivity contribution in [1.29, 1.82) is 0 Å². The Hall–Kier alpha value is -4.29. The van der Waals surface area contributed by atoms with Gasteiger partial charge in [0.1, 0.15) is 17.5 Å². The predicted molar refractivity (Wildman–Crippen MR) is 159 cm³/mol. The highest BCUT2D eigenvalue weighted by molar-refractivity contribution is 6.31. The Balaban J connectivity index is 1.31. The third-order valence-corrected chi connectivity index (χ3v) is 7.30. The molecule has 0 bridgehead atoms. The van der Waals surface area contributed by atoms with Gasteiger partial charge < -0.3 is 20.1 Å². The molecule has 0 aromatic heterocycles. The number of rotatable bonds is 9. The molecule has 0 saturated carbocycles. The molecular formula is C33H31ClN2O4. The van der Waals surface area contributed by atoms with Crippen LogP contribution < -0.4 is 15.0 Å². The summed E-state index contributed by atoms with van der Waals surface area (Å²) in [7, 11) is 0. The summed E-state index contributed by atoms with van der Waals surface area (Å²) in [5, 5.41) is 13.1. The minimum atomic E-state index is -1.10. The summed E-state index contributed by atoms with van der Waals surface area (Å²) in [5.41, 5.74) is 3.83. The number of benzene rings is 4. The lowest BCUT2D eigenvalue weighted by molar-refractivity contribution is -0.139. The van der Waals surface area contributed by atoms with Gasteiger partial charge in [0.2, 0.25) is 0 Å². The Bertz CT molecular complexity index is 1470. The Morgan fingerprint density at radius 1 is 0.875 bits per heavy atom. The van der Waals surface area contributed by atoms with Crippen molar-refractivity contribution in [3.8, 4) is 22.6 Å². The second-order valence-corrected chi connectivity index (χ2v) is 10.3. The number of carbonyl (C=O) groups excluding carboxylic acids is 1. The van der Waals surface area contributed by atoms with Gasteiger partial charge in [0, 0.05) is 35.8 Å². The molecule has 1 fully saturated rings. The lowest BCUT2D eigenvalue weighted by atomic mass is 9.99. The number of nitrogens with zero attached hydrogens (tertiary/aromatic N) is 1. The first-order valence-corrected chi connectivity index (χ1v) is 13.8. The van der Waals surface area contributed by atoms with Gasteiger partial charge in [0.25, 0.3) is 5.91 Å². The fourth-order valence-electron chi connectivity index (χ4n) is 5.00. The molecule has 1 atom stereocenters. The molecule has 0 spiro atoms. The van der Waals surface area contributed by atoms with Crippen molar-refractivity contribution in [2.75, 3.05) is 18.0 Å². The number of para-hydroxylation sites is 2. The molecule has 5 rings (SSSR count). The number of anilines is 1. The number of ether oxygens (including phenoxy) is 1. The van der Waals surface area contributed by atoms with E-state index in [0.717, 1.165) is 66.2 Å². The number of hydrogen-bond acceptors (Lipinski definition) is 4. The zero-order valence-electron chi connectivity index (χ0n) is 22.1. The minimum absolute atomic E-state index is 0.142. The highest BCUT2D eigenvalue weighted by Gasteiger charge is 2.25. The summed E-state index contributed by atoms with van der Waals surface area (Å²) in [6.07, 6.45) is 3.42. The first-order valence-electron chi connectivity index (χ1n) is 13.5. The highest BCUT2D eigenvalue weighted by Crippen LogP contribution is 2.33. The summed E-state index contributed by atoms with van der Waals surface area (Å²) < 4.78 is 6.10. The first-order chi connectivity index (χ1) is 19.5. The van der Waals surface area contributed by atoms with Crippen LogP contribution in [0.3, 0.4) is 0 Å². The molecule has 204 valence electrons. The van der Waals surface area contributed by atoms with Gasteiger partial charge in [-0.3, -0.25) is 4.79 Å². The van der Waals surface area contributed by atoms with Crippen molar-refractivity contribution in [2.45, 2.75) is 31.7 Å². The van der Waals surface area contributed by atoms with Gasteiger partial charge in [0.15, 0.2) is 0 Å². The number of nitrogens with one attached hydrogen (secondary N) is 1. The number of amides is 1. The van der Waals surface area contributed by atoms with Gasteiger partial charge in [-0.1, -0.05) is 72.3 Å². The zero-order valence-corrected chi connectivity index (χ0v) is 22.8. The molecule has 1 aliphatic heterocycles. The fourth-order valence-corrected chi connectivity index (χ4v) is 5.17. The van der Waals surface area contributed by atoms with E-state index in [0.29, 0.717) is 10.6 Å². The van der Waals surface area contributed by atoms with E-state index in [9.17, 15) is 14.7 Å². The van der Waals surface area contributed by atoms with Crippen molar-refractivity contribution in [1.82, 2.24) is 5.32 Å². The average molecular weight is 555 g/mol. The zero-order chi connectivity index (χ0) is 27.9. The first kappa shape index (κ1) is 27.3. The molecule has 40 heavy (non-hydrogen) atoms. The van der Waals surface area contributed by atoms with Crippen LogP contribution in [0.4, 0.5) is 5.69 Å². The van der Waals surface area contributed by atoms with Gasteiger partial charge in [-0.2, -0.15) is 0 Å². The maximum Gasteiger partial charge on any atom is 0.326 e. The number of halogens is 1. The van der Waals surface area contributed by atoms with Crippen LogP contribution in [0, 0.1) is 0 Å². The molecule has 4 aromatic rings. The van der Waals surface area contributed by atoms with E-state index in [1.807, 2.05) is 84.9 Å².